The number of nitrogens with zero attached hydrogens (tertiary/aromatic N) is 1. The number of ether oxygens (including phenoxy) is 3. The number of methoxy groups -OCH3 is 3. The highest BCUT2D eigenvalue weighted by Crippen LogP contribution is 2.28. The number of rotatable bonds is 9. The highest BCUT2D eigenvalue weighted by atomic mass is 16.5. The first-order valence-electron chi connectivity index (χ1n) is 11.7. The third kappa shape index (κ3) is 6.22. The van der Waals surface area contributed by atoms with Crippen molar-refractivity contribution in [2.24, 2.45) is 0 Å². The molecule has 6 heteroatoms. The fourth-order valence-electron chi connectivity index (χ4n) is 4.25. The molecule has 0 saturated heterocycles. The summed E-state index contributed by atoms with van der Waals surface area (Å²) < 4.78 is 16.0. The summed E-state index contributed by atoms with van der Waals surface area (Å²) in [5, 5.41) is 3.01. The fourth-order valence-corrected chi connectivity index (χ4v) is 4.25. The zero-order valence-electron chi connectivity index (χ0n) is 20.5. The van der Waals surface area contributed by atoms with Crippen LogP contribution in [0.1, 0.15) is 33.5 Å². The normalized spacial score (nSPS) is 13.6. The van der Waals surface area contributed by atoms with E-state index in [9.17, 15) is 4.79 Å². The van der Waals surface area contributed by atoms with Gasteiger partial charge in [-0.05, 0) is 59.5 Å². The maximum absolute atomic E-state index is 12.5. The predicted molar refractivity (Wildman–Crippen MR) is 138 cm³/mol. The second-order valence-electron chi connectivity index (χ2n) is 8.50. The molecule has 0 spiro atoms. The van der Waals surface area contributed by atoms with Crippen molar-refractivity contribution >= 4 is 11.5 Å². The lowest BCUT2D eigenvalue weighted by Gasteiger charge is -2.27. The largest absolute Gasteiger partial charge is 0.497 e. The second kappa shape index (κ2) is 11.6. The summed E-state index contributed by atoms with van der Waals surface area (Å²) in [5.41, 5.74) is 5.40. The van der Waals surface area contributed by atoms with Crippen molar-refractivity contribution in [3.8, 4) is 17.2 Å². The number of benzene rings is 3. The molecule has 0 fully saturated rings. The lowest BCUT2D eigenvalue weighted by molar-refractivity contribution is 0.0951. The molecule has 0 radical (unpaired) electrons. The van der Waals surface area contributed by atoms with Crippen molar-refractivity contribution in [1.82, 2.24) is 10.2 Å². The molecular formula is C29H32N2O4. The zero-order chi connectivity index (χ0) is 24.6. The van der Waals surface area contributed by atoms with Crippen LogP contribution in [0.15, 0.2) is 72.8 Å². The van der Waals surface area contributed by atoms with Gasteiger partial charge in [0.1, 0.15) is 17.2 Å². The minimum absolute atomic E-state index is 0.0976. The molecule has 182 valence electrons. The zero-order valence-corrected chi connectivity index (χ0v) is 20.5. The highest BCUT2D eigenvalue weighted by molar-refractivity contribution is 5.94. The summed E-state index contributed by atoms with van der Waals surface area (Å²) in [5.74, 6) is 2.28. The smallest absolute Gasteiger partial charge is 0.251 e. The van der Waals surface area contributed by atoms with E-state index in [0.717, 1.165) is 54.4 Å². The number of hydrogen-bond acceptors (Lipinski definition) is 5. The monoisotopic (exact) mass is 472 g/mol. The molecule has 3 aromatic rings. The molecule has 1 heterocycles. The molecular weight excluding hydrogens is 440 g/mol. The molecule has 0 aliphatic carbocycles. The topological polar surface area (TPSA) is 60.0 Å². The summed E-state index contributed by atoms with van der Waals surface area (Å²) in [6.45, 7) is 3.16. The lowest BCUT2D eigenvalue weighted by atomic mass is 9.97. The Kier molecular flexibility index (Phi) is 8.06. The summed E-state index contributed by atoms with van der Waals surface area (Å²) >= 11 is 0. The minimum atomic E-state index is -0.0976. The molecule has 0 unspecified atom stereocenters. The lowest BCUT2D eigenvalue weighted by Crippen LogP contribution is -2.28. The Morgan fingerprint density at radius 3 is 2.37 bits per heavy atom. The Hall–Kier alpha value is -3.77. The van der Waals surface area contributed by atoms with Crippen LogP contribution >= 0.6 is 0 Å². The molecule has 0 aromatic heterocycles. The molecule has 1 N–H and O–H groups in total. The molecule has 35 heavy (non-hydrogen) atoms. The Labute approximate surface area is 207 Å². The Morgan fingerprint density at radius 2 is 1.69 bits per heavy atom. The van der Waals surface area contributed by atoms with Crippen LogP contribution < -0.4 is 19.5 Å². The SMILES string of the molecule is COc1ccc(C(=O)NCc2cccc(C3=CCN(Cc4ccc(OC)cc4OC)CC3)c2)cc1. The molecule has 0 saturated carbocycles. The van der Waals surface area contributed by atoms with Crippen molar-refractivity contribution in [2.45, 2.75) is 19.5 Å². The summed E-state index contributed by atoms with van der Waals surface area (Å²) in [6, 6.07) is 21.5. The van der Waals surface area contributed by atoms with Gasteiger partial charge >= 0.3 is 0 Å². The van der Waals surface area contributed by atoms with Crippen LogP contribution in [0.25, 0.3) is 5.57 Å². The van der Waals surface area contributed by atoms with Gasteiger partial charge in [0.15, 0.2) is 0 Å². The van der Waals surface area contributed by atoms with Gasteiger partial charge in [-0.1, -0.05) is 30.3 Å². The van der Waals surface area contributed by atoms with E-state index in [1.807, 2.05) is 18.2 Å². The second-order valence-corrected chi connectivity index (χ2v) is 8.50. The van der Waals surface area contributed by atoms with Crippen molar-refractivity contribution < 1.29 is 19.0 Å². The van der Waals surface area contributed by atoms with E-state index in [0.29, 0.717) is 12.1 Å². The van der Waals surface area contributed by atoms with Gasteiger partial charge in [-0.3, -0.25) is 9.69 Å². The highest BCUT2D eigenvalue weighted by Gasteiger charge is 2.16. The molecule has 4 rings (SSSR count). The molecule has 6 nitrogen and oxygen atoms in total. The minimum Gasteiger partial charge on any atom is -0.497 e. The van der Waals surface area contributed by atoms with Crippen LogP contribution in [0.2, 0.25) is 0 Å². The number of nitrogens with one attached hydrogen (secondary N) is 1. The van der Waals surface area contributed by atoms with Gasteiger partial charge in [0.25, 0.3) is 5.91 Å². The van der Waals surface area contributed by atoms with Crippen LogP contribution in [0.4, 0.5) is 0 Å². The van der Waals surface area contributed by atoms with Crippen LogP contribution in [-0.4, -0.2) is 45.2 Å². The van der Waals surface area contributed by atoms with E-state index < -0.39 is 0 Å². The quantitative estimate of drug-likeness (QED) is 0.478. The number of amides is 1. The van der Waals surface area contributed by atoms with Crippen molar-refractivity contribution in [3.05, 3.63) is 95.1 Å². The van der Waals surface area contributed by atoms with Crippen LogP contribution in [0, 0.1) is 0 Å². The summed E-state index contributed by atoms with van der Waals surface area (Å²) in [7, 11) is 4.97. The van der Waals surface area contributed by atoms with Crippen molar-refractivity contribution in [3.63, 3.8) is 0 Å². The van der Waals surface area contributed by atoms with E-state index in [4.69, 9.17) is 14.2 Å². The van der Waals surface area contributed by atoms with Gasteiger partial charge < -0.3 is 19.5 Å². The Bertz CT molecular complexity index is 1190. The van der Waals surface area contributed by atoms with Gasteiger partial charge in [0.05, 0.1) is 21.3 Å². The Balaban J connectivity index is 1.35. The first-order chi connectivity index (χ1) is 17.1. The summed E-state index contributed by atoms with van der Waals surface area (Å²) in [6.07, 6.45) is 3.27. The van der Waals surface area contributed by atoms with E-state index >= 15 is 0 Å². The van der Waals surface area contributed by atoms with Crippen molar-refractivity contribution in [1.29, 1.82) is 0 Å². The average Bonchev–Trinajstić information content (AvgIpc) is 2.92. The van der Waals surface area contributed by atoms with E-state index in [2.05, 4.69) is 40.6 Å². The first-order valence-corrected chi connectivity index (χ1v) is 11.7. The molecule has 1 aliphatic rings. The van der Waals surface area contributed by atoms with E-state index in [1.54, 1.807) is 45.6 Å². The van der Waals surface area contributed by atoms with Gasteiger partial charge in [-0.25, -0.2) is 0 Å². The first kappa shape index (κ1) is 24.4. The standard InChI is InChI=1S/C29H32N2O4/c1-33-26-10-7-23(8-11-26)29(32)30-19-21-5-4-6-24(17-21)22-13-15-31(16-14-22)20-25-9-12-27(34-2)18-28(25)35-3/h4-13,17-18H,14-16,19-20H2,1-3H3,(H,30,32). The average molecular weight is 473 g/mol. The van der Waals surface area contributed by atoms with Gasteiger partial charge in [0, 0.05) is 43.4 Å². The van der Waals surface area contributed by atoms with Gasteiger partial charge in [0.2, 0.25) is 0 Å². The van der Waals surface area contributed by atoms with Crippen LogP contribution in [0.3, 0.4) is 0 Å². The molecule has 3 aromatic carbocycles. The number of carbonyl (C=O) groups is 1. The van der Waals surface area contributed by atoms with Gasteiger partial charge in [-0.2, -0.15) is 0 Å². The van der Waals surface area contributed by atoms with Gasteiger partial charge in [-0.15, -0.1) is 0 Å². The van der Waals surface area contributed by atoms with Crippen molar-refractivity contribution in [2.75, 3.05) is 34.4 Å². The maximum Gasteiger partial charge on any atom is 0.251 e. The van der Waals surface area contributed by atoms with Crippen LogP contribution in [0.5, 0.6) is 17.2 Å². The maximum atomic E-state index is 12.5. The Morgan fingerprint density at radius 1 is 0.914 bits per heavy atom. The third-order valence-electron chi connectivity index (χ3n) is 6.28. The molecule has 1 amide bonds. The number of hydrogen-bond donors (Lipinski definition) is 1. The molecule has 0 bridgehead atoms. The predicted octanol–water partition coefficient (Wildman–Crippen LogP) is 4.93. The molecule has 1 aliphatic heterocycles. The van der Waals surface area contributed by atoms with E-state index in [1.165, 1.54) is 11.1 Å². The summed E-state index contributed by atoms with van der Waals surface area (Å²) in [4.78, 5) is 14.9. The molecule has 0 atom stereocenters. The third-order valence-corrected chi connectivity index (χ3v) is 6.28. The number of carbonyl (C=O) groups excluding carboxylic acids is 1. The van der Waals surface area contributed by atoms with Crippen LogP contribution in [-0.2, 0) is 13.1 Å². The fraction of sp³-hybridized carbons (Fsp3) is 0.276. The van der Waals surface area contributed by atoms with E-state index in [-0.39, 0.29) is 5.91 Å².